The molecule has 0 saturated carbocycles. The molecule has 3 aromatic rings. The van der Waals surface area contributed by atoms with E-state index in [1.807, 2.05) is 39.0 Å². The predicted molar refractivity (Wildman–Crippen MR) is 99.3 cm³/mol. The smallest absolute Gasteiger partial charge is 0.205 e. The number of aromatic nitrogens is 1. The molecule has 5 rings (SSSR count). The second-order valence-electron chi connectivity index (χ2n) is 7.46. The number of rotatable bonds is 1. The van der Waals surface area contributed by atoms with Gasteiger partial charge in [0, 0.05) is 10.3 Å². The maximum atomic E-state index is 11.0. The molecule has 2 unspecified atom stereocenters. The van der Waals surface area contributed by atoms with Crippen LogP contribution in [0.15, 0.2) is 18.2 Å². The summed E-state index contributed by atoms with van der Waals surface area (Å²) in [6, 6.07) is 5.70. The maximum Gasteiger partial charge on any atom is 0.205 e. The standard InChI is InChI=1S/C19H18ClNO3S/c1-9-8-10-12(5-4-11(20)15(10)25-9)21-16(22)13-14(17(21)23)19(3)7-6-18(13,2)24-19/h4-5,8,22-23H,6-7H2,1-3H3. The van der Waals surface area contributed by atoms with E-state index in [9.17, 15) is 10.2 Å². The second kappa shape index (κ2) is 4.53. The van der Waals surface area contributed by atoms with E-state index in [1.54, 1.807) is 15.9 Å². The SMILES string of the molecule is Cc1cc2c(-n3c(O)c4c(c3O)C3(C)CCC4(C)O3)ccc(Cl)c2s1. The number of halogens is 1. The highest BCUT2D eigenvalue weighted by Gasteiger charge is 2.59. The lowest BCUT2D eigenvalue weighted by Gasteiger charge is -2.21. The van der Waals surface area contributed by atoms with Crippen LogP contribution < -0.4 is 0 Å². The Kier molecular flexibility index (Phi) is 2.82. The quantitative estimate of drug-likeness (QED) is 0.605. The topological polar surface area (TPSA) is 54.6 Å². The highest BCUT2D eigenvalue weighted by atomic mass is 35.5. The summed E-state index contributed by atoms with van der Waals surface area (Å²) < 4.78 is 8.67. The summed E-state index contributed by atoms with van der Waals surface area (Å²) in [5.74, 6) is 0.122. The Morgan fingerprint density at radius 2 is 1.72 bits per heavy atom. The van der Waals surface area contributed by atoms with Crippen LogP contribution in [-0.4, -0.2) is 14.8 Å². The van der Waals surface area contributed by atoms with Gasteiger partial charge in [0.25, 0.3) is 0 Å². The molecule has 2 aromatic heterocycles. The molecule has 0 amide bonds. The maximum absolute atomic E-state index is 11.0. The number of benzene rings is 1. The molecule has 4 heterocycles. The van der Waals surface area contributed by atoms with Crippen molar-refractivity contribution in [1.29, 1.82) is 0 Å². The number of aryl methyl sites for hydroxylation is 1. The van der Waals surface area contributed by atoms with Gasteiger partial charge in [0.05, 0.1) is 37.7 Å². The molecule has 2 bridgehead atoms. The highest BCUT2D eigenvalue weighted by molar-refractivity contribution is 7.19. The summed E-state index contributed by atoms with van der Waals surface area (Å²) in [5.41, 5.74) is 1.07. The van der Waals surface area contributed by atoms with Crippen LogP contribution in [0.5, 0.6) is 11.8 Å². The third-order valence-corrected chi connectivity index (χ3v) is 7.20. The Morgan fingerprint density at radius 3 is 2.32 bits per heavy atom. The average Bonchev–Trinajstić information content (AvgIpc) is 3.21. The van der Waals surface area contributed by atoms with Gasteiger partial charge in [0.1, 0.15) is 0 Å². The normalized spacial score (nSPS) is 27.4. The molecule has 0 aliphatic carbocycles. The first kappa shape index (κ1) is 15.6. The molecule has 6 heteroatoms. The van der Waals surface area contributed by atoms with Crippen LogP contribution in [0, 0.1) is 6.92 Å². The Labute approximate surface area is 154 Å². The minimum absolute atomic E-state index is 0.0610. The van der Waals surface area contributed by atoms with Gasteiger partial charge in [0.2, 0.25) is 11.8 Å². The van der Waals surface area contributed by atoms with Gasteiger partial charge in [-0.15, -0.1) is 11.3 Å². The fourth-order valence-corrected chi connectivity index (χ4v) is 5.82. The van der Waals surface area contributed by atoms with Gasteiger partial charge in [-0.1, -0.05) is 11.6 Å². The van der Waals surface area contributed by atoms with E-state index in [0.29, 0.717) is 16.1 Å². The number of fused-ring (bicyclic) bond motifs is 6. The third kappa shape index (κ3) is 1.76. The van der Waals surface area contributed by atoms with Gasteiger partial charge in [-0.2, -0.15) is 0 Å². The Morgan fingerprint density at radius 1 is 1.12 bits per heavy atom. The third-order valence-electron chi connectivity index (χ3n) is 5.68. The first-order chi connectivity index (χ1) is 11.8. The Balaban J connectivity index is 1.86. The average molecular weight is 376 g/mol. The summed E-state index contributed by atoms with van der Waals surface area (Å²) in [4.78, 5) is 1.13. The zero-order valence-corrected chi connectivity index (χ0v) is 15.8. The molecule has 0 radical (unpaired) electrons. The van der Waals surface area contributed by atoms with Crippen molar-refractivity contribution in [3.8, 4) is 17.4 Å². The van der Waals surface area contributed by atoms with E-state index in [0.717, 1.165) is 33.5 Å². The van der Waals surface area contributed by atoms with Gasteiger partial charge in [0.15, 0.2) is 0 Å². The lowest BCUT2D eigenvalue weighted by atomic mass is 9.80. The number of ether oxygens (including phenoxy) is 1. The van der Waals surface area contributed by atoms with Crippen molar-refractivity contribution >= 4 is 33.0 Å². The highest BCUT2D eigenvalue weighted by Crippen LogP contribution is 2.64. The van der Waals surface area contributed by atoms with Gasteiger partial charge in [-0.3, -0.25) is 4.57 Å². The molecule has 1 fully saturated rings. The summed E-state index contributed by atoms with van der Waals surface area (Å²) >= 11 is 7.95. The minimum Gasteiger partial charge on any atom is -0.494 e. The molecule has 2 atom stereocenters. The van der Waals surface area contributed by atoms with Crippen molar-refractivity contribution in [2.24, 2.45) is 0 Å². The molecule has 2 N–H and O–H groups in total. The molecule has 1 saturated heterocycles. The van der Waals surface area contributed by atoms with Crippen LogP contribution in [0.2, 0.25) is 5.02 Å². The van der Waals surface area contributed by atoms with E-state index in [4.69, 9.17) is 16.3 Å². The van der Waals surface area contributed by atoms with Crippen LogP contribution >= 0.6 is 22.9 Å². The van der Waals surface area contributed by atoms with Gasteiger partial charge < -0.3 is 14.9 Å². The van der Waals surface area contributed by atoms with Gasteiger partial charge in [-0.05, 0) is 51.8 Å². The molecular weight excluding hydrogens is 358 g/mol. The first-order valence-corrected chi connectivity index (χ1v) is 9.51. The molecule has 2 aliphatic rings. The van der Waals surface area contributed by atoms with E-state index >= 15 is 0 Å². The summed E-state index contributed by atoms with van der Waals surface area (Å²) in [5, 5.41) is 23.6. The van der Waals surface area contributed by atoms with Crippen LogP contribution in [0.3, 0.4) is 0 Å². The van der Waals surface area contributed by atoms with Crippen molar-refractivity contribution in [3.05, 3.63) is 39.2 Å². The van der Waals surface area contributed by atoms with Gasteiger partial charge >= 0.3 is 0 Å². The molecule has 130 valence electrons. The molecule has 4 nitrogen and oxygen atoms in total. The number of thiophene rings is 1. The van der Waals surface area contributed by atoms with Crippen LogP contribution in [0.1, 0.15) is 42.7 Å². The van der Waals surface area contributed by atoms with Crippen molar-refractivity contribution in [2.45, 2.75) is 44.8 Å². The molecule has 1 aromatic carbocycles. The number of hydrogen-bond acceptors (Lipinski definition) is 4. The molecule has 25 heavy (non-hydrogen) atoms. The fraction of sp³-hybridized carbons (Fsp3) is 0.368. The Bertz CT molecular complexity index is 1030. The zero-order valence-electron chi connectivity index (χ0n) is 14.2. The molecular formula is C19H18ClNO3S. The van der Waals surface area contributed by atoms with Crippen molar-refractivity contribution < 1.29 is 14.9 Å². The van der Waals surface area contributed by atoms with Crippen LogP contribution in [-0.2, 0) is 15.9 Å². The van der Waals surface area contributed by atoms with Crippen LogP contribution in [0.25, 0.3) is 15.8 Å². The monoisotopic (exact) mass is 375 g/mol. The van der Waals surface area contributed by atoms with E-state index < -0.39 is 11.2 Å². The zero-order chi connectivity index (χ0) is 17.7. The Hall–Kier alpha value is -1.69. The molecule has 2 aliphatic heterocycles. The van der Waals surface area contributed by atoms with Crippen molar-refractivity contribution in [2.75, 3.05) is 0 Å². The number of aromatic hydroxyl groups is 2. The van der Waals surface area contributed by atoms with Crippen molar-refractivity contribution in [3.63, 3.8) is 0 Å². The predicted octanol–water partition coefficient (Wildman–Crippen LogP) is 5.32. The summed E-state index contributed by atoms with van der Waals surface area (Å²) in [6.07, 6.45) is 1.67. The second-order valence-corrected chi connectivity index (χ2v) is 9.13. The largest absolute Gasteiger partial charge is 0.494 e. The van der Waals surface area contributed by atoms with Crippen LogP contribution in [0.4, 0.5) is 0 Å². The van der Waals surface area contributed by atoms with E-state index in [2.05, 4.69) is 0 Å². The van der Waals surface area contributed by atoms with Crippen molar-refractivity contribution in [1.82, 2.24) is 4.57 Å². The van der Waals surface area contributed by atoms with Gasteiger partial charge in [-0.25, -0.2) is 0 Å². The lowest BCUT2D eigenvalue weighted by molar-refractivity contribution is -0.0683. The van der Waals surface area contributed by atoms with E-state index in [1.165, 1.54) is 0 Å². The minimum atomic E-state index is -0.549. The lowest BCUT2D eigenvalue weighted by Crippen LogP contribution is -2.17. The summed E-state index contributed by atoms with van der Waals surface area (Å²) in [7, 11) is 0. The molecule has 0 spiro atoms. The van der Waals surface area contributed by atoms with E-state index in [-0.39, 0.29) is 11.8 Å². The fourth-order valence-electron chi connectivity index (χ4n) is 4.60. The number of nitrogens with zero attached hydrogens (tertiary/aromatic N) is 1. The summed E-state index contributed by atoms with van der Waals surface area (Å²) in [6.45, 7) is 6.00. The number of hydrogen-bond donors (Lipinski definition) is 2. The first-order valence-electron chi connectivity index (χ1n) is 8.32.